The molecule has 0 spiro atoms. The number of hydrogen-bond acceptors (Lipinski definition) is 3. The lowest BCUT2D eigenvalue weighted by Crippen LogP contribution is -1.98. The molecule has 1 N–H and O–H groups in total. The SMILES string of the molecule is CC.CC.CC(C)=C(/C=C(\C)Cl)n1cc(C(C)O)nn1. The minimum absolute atomic E-state index is 0.541. The van der Waals surface area contributed by atoms with Crippen LogP contribution >= 0.6 is 11.6 Å². The summed E-state index contributed by atoms with van der Waals surface area (Å²) >= 11 is 5.85. The summed E-state index contributed by atoms with van der Waals surface area (Å²) in [7, 11) is 0. The molecular formula is C15H28ClN3O. The van der Waals surface area contributed by atoms with E-state index in [-0.39, 0.29) is 0 Å². The van der Waals surface area contributed by atoms with Crippen molar-refractivity contribution in [2.24, 2.45) is 0 Å². The van der Waals surface area contributed by atoms with Gasteiger partial charge in [0, 0.05) is 5.03 Å². The fourth-order valence-corrected chi connectivity index (χ4v) is 1.32. The fraction of sp³-hybridized carbons (Fsp3) is 0.600. The third-order valence-electron chi connectivity index (χ3n) is 2.03. The van der Waals surface area contributed by atoms with E-state index in [0.29, 0.717) is 10.7 Å². The molecular weight excluding hydrogens is 274 g/mol. The smallest absolute Gasteiger partial charge is 0.111 e. The first kappa shape index (κ1) is 21.2. The van der Waals surface area contributed by atoms with Crippen LogP contribution in [0.2, 0.25) is 0 Å². The van der Waals surface area contributed by atoms with Crippen LogP contribution in [0.3, 0.4) is 0 Å². The minimum atomic E-state index is -0.617. The summed E-state index contributed by atoms with van der Waals surface area (Å²) in [6, 6.07) is 0. The van der Waals surface area contributed by atoms with Crippen molar-refractivity contribution >= 4 is 17.3 Å². The molecule has 1 aromatic heterocycles. The Morgan fingerprint density at radius 3 is 2.05 bits per heavy atom. The Morgan fingerprint density at radius 1 is 1.25 bits per heavy atom. The lowest BCUT2D eigenvalue weighted by molar-refractivity contribution is 0.194. The number of aromatic nitrogens is 3. The zero-order chi connectivity index (χ0) is 16.3. The van der Waals surface area contributed by atoms with Gasteiger partial charge in [-0.05, 0) is 33.8 Å². The van der Waals surface area contributed by atoms with Crippen LogP contribution < -0.4 is 0 Å². The summed E-state index contributed by atoms with van der Waals surface area (Å²) in [5, 5.41) is 17.9. The molecule has 0 saturated heterocycles. The molecule has 116 valence electrons. The van der Waals surface area contributed by atoms with E-state index in [1.54, 1.807) is 24.7 Å². The monoisotopic (exact) mass is 301 g/mol. The first-order chi connectivity index (χ1) is 9.41. The minimum Gasteiger partial charge on any atom is -0.387 e. The van der Waals surface area contributed by atoms with Gasteiger partial charge in [0.1, 0.15) is 5.69 Å². The third-order valence-corrected chi connectivity index (χ3v) is 2.14. The Labute approximate surface area is 128 Å². The standard InChI is InChI=1S/C11H16ClN3O.2C2H6/c1-7(2)11(5-8(3)12)15-6-10(9(4)16)13-14-15;2*1-2/h5-6,9,16H,1-4H3;2*1-2H3/b8-5+;;. The van der Waals surface area contributed by atoms with Crippen molar-refractivity contribution in [3.05, 3.63) is 28.6 Å². The molecule has 0 amide bonds. The molecule has 1 aromatic rings. The average molecular weight is 302 g/mol. The van der Waals surface area contributed by atoms with Gasteiger partial charge in [-0.3, -0.25) is 0 Å². The van der Waals surface area contributed by atoms with Crippen LogP contribution in [-0.2, 0) is 0 Å². The highest BCUT2D eigenvalue weighted by molar-refractivity contribution is 6.29. The van der Waals surface area contributed by atoms with Crippen LogP contribution in [0.25, 0.3) is 5.70 Å². The fourth-order valence-electron chi connectivity index (χ4n) is 1.21. The largest absolute Gasteiger partial charge is 0.387 e. The summed E-state index contributed by atoms with van der Waals surface area (Å²) in [6.45, 7) is 15.4. The highest BCUT2D eigenvalue weighted by Crippen LogP contribution is 2.17. The zero-order valence-electron chi connectivity index (χ0n) is 13.9. The summed E-state index contributed by atoms with van der Waals surface area (Å²) in [5.74, 6) is 0. The average Bonchev–Trinajstić information content (AvgIpc) is 2.89. The molecule has 0 bridgehead atoms. The molecule has 1 rings (SSSR count). The molecule has 1 unspecified atom stereocenters. The van der Waals surface area contributed by atoms with Gasteiger partial charge in [-0.2, -0.15) is 0 Å². The Balaban J connectivity index is 0. The van der Waals surface area contributed by atoms with E-state index in [0.717, 1.165) is 11.3 Å². The van der Waals surface area contributed by atoms with Crippen molar-refractivity contribution in [1.82, 2.24) is 15.0 Å². The summed E-state index contributed by atoms with van der Waals surface area (Å²) < 4.78 is 1.61. The number of rotatable bonds is 3. The van der Waals surface area contributed by atoms with E-state index in [1.807, 2.05) is 47.6 Å². The number of halogens is 1. The van der Waals surface area contributed by atoms with Gasteiger partial charge in [-0.15, -0.1) is 5.10 Å². The molecule has 1 atom stereocenters. The van der Waals surface area contributed by atoms with Crippen LogP contribution in [0.5, 0.6) is 0 Å². The highest BCUT2D eigenvalue weighted by Gasteiger charge is 2.08. The van der Waals surface area contributed by atoms with Crippen LogP contribution in [0.4, 0.5) is 0 Å². The summed E-state index contributed by atoms with van der Waals surface area (Å²) in [5.41, 5.74) is 2.48. The van der Waals surface area contributed by atoms with Crippen molar-refractivity contribution in [3.8, 4) is 0 Å². The lowest BCUT2D eigenvalue weighted by Gasteiger charge is -2.04. The van der Waals surface area contributed by atoms with Crippen LogP contribution in [0.1, 0.15) is 67.2 Å². The highest BCUT2D eigenvalue weighted by atomic mass is 35.5. The molecule has 4 nitrogen and oxygen atoms in total. The summed E-state index contributed by atoms with van der Waals surface area (Å²) in [4.78, 5) is 0. The molecule has 20 heavy (non-hydrogen) atoms. The Morgan fingerprint density at radius 2 is 1.75 bits per heavy atom. The number of nitrogens with zero attached hydrogens (tertiary/aromatic N) is 3. The molecule has 1 heterocycles. The van der Waals surface area contributed by atoms with Crippen LogP contribution in [0, 0.1) is 0 Å². The van der Waals surface area contributed by atoms with E-state index in [2.05, 4.69) is 10.3 Å². The van der Waals surface area contributed by atoms with Gasteiger partial charge < -0.3 is 5.11 Å². The van der Waals surface area contributed by atoms with Gasteiger partial charge in [-0.25, -0.2) is 4.68 Å². The van der Waals surface area contributed by atoms with Crippen molar-refractivity contribution in [2.45, 2.75) is 61.5 Å². The van der Waals surface area contributed by atoms with Gasteiger partial charge in [0.15, 0.2) is 0 Å². The maximum atomic E-state index is 9.37. The molecule has 0 aromatic carbocycles. The molecule has 0 radical (unpaired) electrons. The second kappa shape index (κ2) is 11.7. The normalized spacial score (nSPS) is 11.6. The van der Waals surface area contributed by atoms with E-state index < -0.39 is 6.10 Å². The van der Waals surface area contributed by atoms with E-state index in [1.165, 1.54) is 0 Å². The van der Waals surface area contributed by atoms with Crippen molar-refractivity contribution in [2.75, 3.05) is 0 Å². The maximum absolute atomic E-state index is 9.37. The van der Waals surface area contributed by atoms with Gasteiger partial charge in [0.05, 0.1) is 18.0 Å². The molecule has 0 aliphatic rings. The number of allylic oxidation sites excluding steroid dienone is 4. The van der Waals surface area contributed by atoms with E-state index >= 15 is 0 Å². The maximum Gasteiger partial charge on any atom is 0.111 e. The Hall–Kier alpha value is -1.13. The van der Waals surface area contributed by atoms with Gasteiger partial charge in [0.25, 0.3) is 0 Å². The van der Waals surface area contributed by atoms with Gasteiger partial charge in [0.2, 0.25) is 0 Å². The third kappa shape index (κ3) is 7.46. The van der Waals surface area contributed by atoms with Crippen LogP contribution in [-0.4, -0.2) is 20.1 Å². The summed E-state index contributed by atoms with van der Waals surface area (Å²) in [6.07, 6.45) is 2.90. The topological polar surface area (TPSA) is 50.9 Å². The van der Waals surface area contributed by atoms with Crippen molar-refractivity contribution in [1.29, 1.82) is 0 Å². The lowest BCUT2D eigenvalue weighted by atomic mass is 10.2. The van der Waals surface area contributed by atoms with E-state index in [4.69, 9.17) is 11.6 Å². The molecule has 0 fully saturated rings. The number of aliphatic hydroxyl groups excluding tert-OH is 1. The quantitative estimate of drug-likeness (QED) is 0.818. The second-order valence-electron chi connectivity index (χ2n) is 3.88. The Bertz CT molecular complexity index is 426. The van der Waals surface area contributed by atoms with Crippen molar-refractivity contribution in [3.63, 3.8) is 0 Å². The Kier molecular flexibility index (Phi) is 12.4. The van der Waals surface area contributed by atoms with Crippen LogP contribution in [0.15, 0.2) is 22.9 Å². The number of aliphatic hydroxyl groups is 1. The second-order valence-corrected chi connectivity index (χ2v) is 4.48. The zero-order valence-corrected chi connectivity index (χ0v) is 14.7. The predicted molar refractivity (Wildman–Crippen MR) is 87.5 cm³/mol. The predicted octanol–water partition coefficient (Wildman–Crippen LogP) is 4.78. The molecule has 5 heteroatoms. The molecule has 0 aliphatic carbocycles. The first-order valence-electron chi connectivity index (χ1n) is 7.03. The van der Waals surface area contributed by atoms with E-state index in [9.17, 15) is 5.11 Å². The molecule has 0 aliphatic heterocycles. The number of hydrogen-bond donors (Lipinski definition) is 1. The first-order valence-corrected chi connectivity index (χ1v) is 7.41. The van der Waals surface area contributed by atoms with Gasteiger partial charge in [-0.1, -0.05) is 50.1 Å². The van der Waals surface area contributed by atoms with Gasteiger partial charge >= 0.3 is 0 Å². The molecule has 0 saturated carbocycles. The van der Waals surface area contributed by atoms with Crippen molar-refractivity contribution < 1.29 is 5.11 Å².